The number of anilines is 1. The summed E-state index contributed by atoms with van der Waals surface area (Å²) in [4.78, 5) is 37.4. The summed E-state index contributed by atoms with van der Waals surface area (Å²) in [5, 5.41) is 2.66. The molecule has 2 atom stereocenters. The predicted molar refractivity (Wildman–Crippen MR) is 130 cm³/mol. The van der Waals surface area contributed by atoms with E-state index in [1.54, 1.807) is 12.1 Å². The molecule has 0 spiro atoms. The summed E-state index contributed by atoms with van der Waals surface area (Å²) >= 11 is 0. The van der Waals surface area contributed by atoms with Crippen molar-refractivity contribution in [3.63, 3.8) is 0 Å². The molecule has 0 radical (unpaired) electrons. The van der Waals surface area contributed by atoms with Crippen LogP contribution in [0.1, 0.15) is 25.5 Å². The molecule has 1 saturated heterocycles. The second-order valence-corrected chi connectivity index (χ2v) is 8.12. The van der Waals surface area contributed by atoms with Gasteiger partial charge in [-0.05, 0) is 47.9 Å². The van der Waals surface area contributed by atoms with Gasteiger partial charge in [0.15, 0.2) is 5.75 Å². The van der Waals surface area contributed by atoms with Gasteiger partial charge in [-0.1, -0.05) is 54.6 Å². The molecule has 3 aromatic rings. The van der Waals surface area contributed by atoms with Gasteiger partial charge in [0.2, 0.25) is 11.3 Å². The zero-order chi connectivity index (χ0) is 24.1. The zero-order valence-electron chi connectivity index (χ0n) is 19.1. The molecular formula is C27H26N2O5. The first-order valence-corrected chi connectivity index (χ1v) is 11.1. The highest BCUT2D eigenvalue weighted by Gasteiger charge is 2.32. The standard InChI is InChI=1S/C27H26N2O5/c1-18(20-6-4-3-5-7-20)33-26-15-11-22(10-14-25(26)31)21-8-12-23(13-9-21)29-17-24(34-27(29)32)16-28-19(2)30/h3-15,18,24H,16-17H2,1-2H3,(H,28,30). The Morgan fingerprint density at radius 1 is 1.00 bits per heavy atom. The van der Waals surface area contributed by atoms with Gasteiger partial charge in [0.1, 0.15) is 12.2 Å². The Bertz CT molecular complexity index is 1230. The van der Waals surface area contributed by atoms with E-state index in [1.807, 2.05) is 67.6 Å². The van der Waals surface area contributed by atoms with Crippen LogP contribution in [0, 0.1) is 0 Å². The summed E-state index contributed by atoms with van der Waals surface area (Å²) in [6.07, 6.45) is -1.09. The fraction of sp³-hybridized carbons (Fsp3) is 0.222. The molecule has 7 heteroatoms. The Balaban J connectivity index is 1.47. The van der Waals surface area contributed by atoms with Crippen LogP contribution in [-0.2, 0) is 9.53 Å². The first kappa shape index (κ1) is 23.0. The quantitative estimate of drug-likeness (QED) is 0.570. The van der Waals surface area contributed by atoms with Crippen molar-refractivity contribution in [2.75, 3.05) is 18.0 Å². The van der Waals surface area contributed by atoms with Crippen molar-refractivity contribution in [3.8, 4) is 16.9 Å². The van der Waals surface area contributed by atoms with E-state index in [4.69, 9.17) is 9.47 Å². The van der Waals surface area contributed by atoms with Crippen LogP contribution in [0.5, 0.6) is 5.75 Å². The summed E-state index contributed by atoms with van der Waals surface area (Å²) in [5.74, 6) is 0.114. The van der Waals surface area contributed by atoms with Gasteiger partial charge < -0.3 is 14.8 Å². The van der Waals surface area contributed by atoms with Crippen molar-refractivity contribution < 1.29 is 19.1 Å². The van der Waals surface area contributed by atoms with Crippen LogP contribution in [0.15, 0.2) is 83.7 Å². The maximum atomic E-state index is 12.6. The van der Waals surface area contributed by atoms with Gasteiger partial charge in [0.05, 0.1) is 13.1 Å². The Labute approximate surface area is 197 Å². The van der Waals surface area contributed by atoms with E-state index in [-0.39, 0.29) is 29.7 Å². The summed E-state index contributed by atoms with van der Waals surface area (Å²) in [5.41, 5.74) is 3.23. The minimum absolute atomic E-state index is 0.167. The SMILES string of the molecule is CC(=O)NCC1CN(c2ccc(-c3ccc(OC(C)c4ccccc4)c(=O)cc3)cc2)C(=O)O1. The van der Waals surface area contributed by atoms with Crippen LogP contribution in [-0.4, -0.2) is 31.2 Å². The summed E-state index contributed by atoms with van der Waals surface area (Å²) in [6.45, 7) is 3.97. The van der Waals surface area contributed by atoms with Gasteiger partial charge in [-0.25, -0.2) is 4.79 Å². The molecule has 1 N–H and O–H groups in total. The van der Waals surface area contributed by atoms with Crippen LogP contribution in [0.25, 0.3) is 11.1 Å². The Morgan fingerprint density at radius 2 is 1.65 bits per heavy atom. The molecule has 0 saturated carbocycles. The minimum atomic E-state index is -0.445. The highest BCUT2D eigenvalue weighted by Crippen LogP contribution is 2.26. The molecule has 1 heterocycles. The number of cyclic esters (lactones) is 1. The largest absolute Gasteiger partial charge is 0.482 e. The maximum Gasteiger partial charge on any atom is 0.414 e. The van der Waals surface area contributed by atoms with Crippen molar-refractivity contribution >= 4 is 17.7 Å². The molecular weight excluding hydrogens is 432 g/mol. The van der Waals surface area contributed by atoms with Gasteiger partial charge in [-0.15, -0.1) is 0 Å². The average Bonchev–Trinajstić information content (AvgIpc) is 3.12. The molecule has 2 unspecified atom stereocenters. The fourth-order valence-electron chi connectivity index (χ4n) is 3.75. The van der Waals surface area contributed by atoms with Crippen molar-refractivity contribution in [2.45, 2.75) is 26.1 Å². The fourth-order valence-corrected chi connectivity index (χ4v) is 3.75. The number of carbonyl (C=O) groups is 2. The lowest BCUT2D eigenvalue weighted by Gasteiger charge is -2.14. The third-order valence-electron chi connectivity index (χ3n) is 5.61. The Hall–Kier alpha value is -4.13. The lowest BCUT2D eigenvalue weighted by molar-refractivity contribution is -0.119. The minimum Gasteiger partial charge on any atom is -0.482 e. The van der Waals surface area contributed by atoms with Crippen molar-refractivity contribution in [2.24, 2.45) is 0 Å². The van der Waals surface area contributed by atoms with Crippen LogP contribution < -0.4 is 20.4 Å². The molecule has 3 aromatic carbocycles. The highest BCUT2D eigenvalue weighted by molar-refractivity contribution is 5.90. The number of hydrogen-bond acceptors (Lipinski definition) is 5. The molecule has 1 fully saturated rings. The highest BCUT2D eigenvalue weighted by atomic mass is 16.6. The van der Waals surface area contributed by atoms with Gasteiger partial charge in [-0.2, -0.15) is 0 Å². The zero-order valence-corrected chi connectivity index (χ0v) is 19.1. The van der Waals surface area contributed by atoms with E-state index in [0.717, 1.165) is 16.7 Å². The van der Waals surface area contributed by atoms with E-state index >= 15 is 0 Å². The number of rotatable bonds is 7. The molecule has 1 aliphatic rings. The molecule has 174 valence electrons. The first-order chi connectivity index (χ1) is 16.4. The molecule has 0 aliphatic carbocycles. The predicted octanol–water partition coefficient (Wildman–Crippen LogP) is 4.32. The van der Waals surface area contributed by atoms with Gasteiger partial charge >= 0.3 is 6.09 Å². The second kappa shape index (κ2) is 10.2. The van der Waals surface area contributed by atoms with Crippen LogP contribution in [0.4, 0.5) is 10.5 Å². The lowest BCUT2D eigenvalue weighted by Crippen LogP contribution is -2.33. The van der Waals surface area contributed by atoms with Crippen LogP contribution >= 0.6 is 0 Å². The smallest absolute Gasteiger partial charge is 0.414 e. The van der Waals surface area contributed by atoms with Crippen molar-refractivity contribution in [1.29, 1.82) is 0 Å². The number of amides is 2. The van der Waals surface area contributed by atoms with Gasteiger partial charge in [0.25, 0.3) is 0 Å². The lowest BCUT2D eigenvalue weighted by atomic mass is 10.1. The number of carbonyl (C=O) groups excluding carboxylic acids is 2. The monoisotopic (exact) mass is 458 g/mol. The normalized spacial score (nSPS) is 16.0. The first-order valence-electron chi connectivity index (χ1n) is 11.1. The number of nitrogens with zero attached hydrogens (tertiary/aromatic N) is 1. The Morgan fingerprint density at radius 3 is 2.32 bits per heavy atom. The van der Waals surface area contributed by atoms with Gasteiger partial charge in [0, 0.05) is 12.6 Å². The van der Waals surface area contributed by atoms with E-state index in [9.17, 15) is 14.4 Å². The summed E-state index contributed by atoms with van der Waals surface area (Å²) in [6, 6.07) is 24.0. The number of nitrogens with one attached hydrogen (secondary N) is 1. The van der Waals surface area contributed by atoms with E-state index in [1.165, 1.54) is 17.9 Å². The van der Waals surface area contributed by atoms with Gasteiger partial charge in [-0.3, -0.25) is 14.5 Å². The summed E-state index contributed by atoms with van der Waals surface area (Å²) in [7, 11) is 0. The molecule has 2 amide bonds. The summed E-state index contributed by atoms with van der Waals surface area (Å²) < 4.78 is 11.2. The molecule has 34 heavy (non-hydrogen) atoms. The van der Waals surface area contributed by atoms with Crippen molar-refractivity contribution in [3.05, 3.63) is 94.6 Å². The third kappa shape index (κ3) is 5.43. The molecule has 7 nitrogen and oxygen atoms in total. The van der Waals surface area contributed by atoms with Crippen LogP contribution in [0.2, 0.25) is 0 Å². The molecule has 1 aliphatic heterocycles. The average molecular weight is 459 g/mol. The van der Waals surface area contributed by atoms with Crippen LogP contribution in [0.3, 0.4) is 0 Å². The maximum absolute atomic E-state index is 12.6. The Kier molecular flexibility index (Phi) is 6.92. The number of benzene rings is 2. The second-order valence-electron chi connectivity index (χ2n) is 8.12. The third-order valence-corrected chi connectivity index (χ3v) is 5.61. The van der Waals surface area contributed by atoms with E-state index < -0.39 is 12.2 Å². The number of hydrogen-bond donors (Lipinski definition) is 1. The van der Waals surface area contributed by atoms with E-state index in [2.05, 4.69) is 5.32 Å². The molecule has 4 rings (SSSR count). The topological polar surface area (TPSA) is 84.9 Å². The number of ether oxygens (including phenoxy) is 2. The molecule has 0 aromatic heterocycles. The van der Waals surface area contributed by atoms with E-state index in [0.29, 0.717) is 12.2 Å². The molecule has 0 bridgehead atoms. The van der Waals surface area contributed by atoms with Crippen molar-refractivity contribution in [1.82, 2.24) is 5.32 Å².